The van der Waals surface area contributed by atoms with Crippen LogP contribution >= 0.6 is 11.6 Å². The van der Waals surface area contributed by atoms with Crippen molar-refractivity contribution < 1.29 is 18.6 Å². The zero-order valence-corrected chi connectivity index (χ0v) is 12.1. The number of sulfonamides is 1. The number of nitrogens with one attached hydrogen (secondary N) is 1. The lowest BCUT2D eigenvalue weighted by atomic mass is 10.2. The van der Waals surface area contributed by atoms with Crippen molar-refractivity contribution in [3.05, 3.63) is 53.1 Å². The van der Waals surface area contributed by atoms with E-state index >= 15 is 0 Å². The summed E-state index contributed by atoms with van der Waals surface area (Å²) in [5.74, 6) is -0.589. The molecule has 2 aromatic carbocycles. The van der Waals surface area contributed by atoms with Gasteiger partial charge in [-0.1, -0.05) is 11.6 Å². The summed E-state index contributed by atoms with van der Waals surface area (Å²) in [6.45, 7) is 0. The van der Waals surface area contributed by atoms with Crippen LogP contribution in [0.5, 0.6) is 11.5 Å². The van der Waals surface area contributed by atoms with E-state index in [9.17, 15) is 13.5 Å². The highest BCUT2D eigenvalue weighted by atomic mass is 35.5. The number of benzene rings is 2. The van der Waals surface area contributed by atoms with E-state index in [0.29, 0.717) is 10.6 Å². The second kappa shape index (κ2) is 6.02. The molecule has 0 saturated heterocycles. The molecule has 21 heavy (non-hydrogen) atoms. The molecule has 0 bridgehead atoms. The Balaban J connectivity index is 2.12. The predicted molar refractivity (Wildman–Crippen MR) is 79.1 cm³/mol. The maximum atomic E-state index is 11.9. The van der Waals surface area contributed by atoms with Gasteiger partial charge >= 0.3 is 0 Å². The summed E-state index contributed by atoms with van der Waals surface area (Å²) in [5.41, 5.74) is 0.420. The maximum absolute atomic E-state index is 11.9. The standard InChI is InChI=1S/C13H11ClN2O4S/c14-10-2-4-11(5-3-10)21(19,20)16-15-8-9-1-6-12(17)13(18)7-9/h1-8,16-18H/b15-8-. The summed E-state index contributed by atoms with van der Waals surface area (Å²) in [7, 11) is -3.78. The molecule has 0 aliphatic rings. The second-order valence-corrected chi connectivity index (χ2v) is 6.15. The molecule has 0 aliphatic carbocycles. The average molecular weight is 327 g/mol. The Labute approximate surface area is 126 Å². The summed E-state index contributed by atoms with van der Waals surface area (Å²) in [5, 5.41) is 22.5. The molecule has 110 valence electrons. The van der Waals surface area contributed by atoms with E-state index in [4.69, 9.17) is 16.7 Å². The van der Waals surface area contributed by atoms with Crippen LogP contribution in [0.4, 0.5) is 0 Å². The monoisotopic (exact) mass is 326 g/mol. The van der Waals surface area contributed by atoms with Crippen LogP contribution in [0.15, 0.2) is 52.5 Å². The van der Waals surface area contributed by atoms with E-state index in [1.807, 2.05) is 4.83 Å². The molecule has 0 atom stereocenters. The van der Waals surface area contributed by atoms with Crippen molar-refractivity contribution in [2.45, 2.75) is 4.90 Å². The SMILES string of the molecule is O=S(=O)(N/N=C\c1ccc(O)c(O)c1)c1ccc(Cl)cc1. The van der Waals surface area contributed by atoms with Crippen LogP contribution in [0, 0.1) is 0 Å². The first-order chi connectivity index (χ1) is 9.88. The lowest BCUT2D eigenvalue weighted by molar-refractivity contribution is 0.403. The molecule has 0 aromatic heterocycles. The molecule has 0 fully saturated rings. The third-order valence-corrected chi connectivity index (χ3v) is 4.00. The smallest absolute Gasteiger partial charge is 0.276 e. The molecule has 2 rings (SSSR count). The third-order valence-electron chi connectivity index (χ3n) is 2.51. The van der Waals surface area contributed by atoms with Gasteiger partial charge < -0.3 is 10.2 Å². The summed E-state index contributed by atoms with van der Waals surface area (Å²) in [6.07, 6.45) is 1.20. The molecule has 6 nitrogen and oxygen atoms in total. The minimum absolute atomic E-state index is 0.0256. The first-order valence-corrected chi connectivity index (χ1v) is 7.57. The summed E-state index contributed by atoms with van der Waals surface area (Å²) in [6, 6.07) is 9.60. The van der Waals surface area contributed by atoms with Gasteiger partial charge in [0.1, 0.15) is 0 Å². The molecular weight excluding hydrogens is 316 g/mol. The number of hydrogen-bond donors (Lipinski definition) is 3. The molecule has 0 saturated carbocycles. The predicted octanol–water partition coefficient (Wildman–Crippen LogP) is 2.06. The number of phenolic OH excluding ortho intramolecular Hbond substituents is 2. The highest BCUT2D eigenvalue weighted by Crippen LogP contribution is 2.24. The Morgan fingerprint density at radius 3 is 2.33 bits per heavy atom. The number of nitrogens with zero attached hydrogens (tertiary/aromatic N) is 1. The van der Waals surface area contributed by atoms with E-state index in [1.165, 1.54) is 48.7 Å². The molecule has 0 unspecified atom stereocenters. The topological polar surface area (TPSA) is 99.0 Å². The van der Waals surface area contributed by atoms with Crippen molar-refractivity contribution in [3.63, 3.8) is 0 Å². The molecule has 8 heteroatoms. The lowest BCUT2D eigenvalue weighted by Crippen LogP contribution is -2.18. The van der Waals surface area contributed by atoms with Crippen molar-refractivity contribution in [1.29, 1.82) is 0 Å². The first kappa shape index (κ1) is 15.1. The summed E-state index contributed by atoms with van der Waals surface area (Å²) in [4.78, 5) is 2.06. The van der Waals surface area contributed by atoms with Gasteiger partial charge in [0, 0.05) is 5.02 Å². The van der Waals surface area contributed by atoms with Crippen molar-refractivity contribution in [2.75, 3.05) is 0 Å². The van der Waals surface area contributed by atoms with Crippen LogP contribution in [-0.4, -0.2) is 24.8 Å². The van der Waals surface area contributed by atoms with E-state index < -0.39 is 10.0 Å². The van der Waals surface area contributed by atoms with Gasteiger partial charge in [-0.05, 0) is 48.0 Å². The molecule has 0 amide bonds. The Kier molecular flexibility index (Phi) is 4.35. The number of rotatable bonds is 4. The van der Waals surface area contributed by atoms with Crippen LogP contribution in [-0.2, 0) is 10.0 Å². The molecular formula is C13H11ClN2O4S. The Morgan fingerprint density at radius 2 is 1.71 bits per heavy atom. The van der Waals surface area contributed by atoms with Crippen molar-refractivity contribution in [2.24, 2.45) is 5.10 Å². The third kappa shape index (κ3) is 3.87. The van der Waals surface area contributed by atoms with Crippen molar-refractivity contribution in [1.82, 2.24) is 4.83 Å². The van der Waals surface area contributed by atoms with E-state index in [2.05, 4.69) is 5.10 Å². The summed E-state index contributed by atoms with van der Waals surface area (Å²) >= 11 is 5.68. The Hall–Kier alpha value is -2.25. The number of hydrogen-bond acceptors (Lipinski definition) is 5. The van der Waals surface area contributed by atoms with Gasteiger partial charge in [-0.3, -0.25) is 0 Å². The van der Waals surface area contributed by atoms with Gasteiger partial charge in [0.15, 0.2) is 11.5 Å². The molecule has 0 spiro atoms. The van der Waals surface area contributed by atoms with Gasteiger partial charge in [-0.25, -0.2) is 4.83 Å². The fourth-order valence-electron chi connectivity index (χ4n) is 1.46. The molecule has 3 N–H and O–H groups in total. The van der Waals surface area contributed by atoms with Crippen LogP contribution in [0.3, 0.4) is 0 Å². The van der Waals surface area contributed by atoms with Gasteiger partial charge in [0.25, 0.3) is 10.0 Å². The van der Waals surface area contributed by atoms with Gasteiger partial charge in [-0.15, -0.1) is 0 Å². The van der Waals surface area contributed by atoms with Gasteiger partial charge in [0.2, 0.25) is 0 Å². The number of phenols is 2. The highest BCUT2D eigenvalue weighted by molar-refractivity contribution is 7.89. The van der Waals surface area contributed by atoms with Crippen molar-refractivity contribution in [3.8, 4) is 11.5 Å². The van der Waals surface area contributed by atoms with Gasteiger partial charge in [0.05, 0.1) is 11.1 Å². The van der Waals surface area contributed by atoms with Crippen LogP contribution in [0.1, 0.15) is 5.56 Å². The maximum Gasteiger partial charge on any atom is 0.276 e. The zero-order valence-electron chi connectivity index (χ0n) is 10.6. The number of halogens is 1. The number of hydrazone groups is 1. The lowest BCUT2D eigenvalue weighted by Gasteiger charge is -2.03. The normalized spacial score (nSPS) is 11.7. The first-order valence-electron chi connectivity index (χ1n) is 5.71. The Bertz CT molecular complexity index is 773. The quantitative estimate of drug-likeness (QED) is 0.455. The number of aromatic hydroxyl groups is 2. The fraction of sp³-hybridized carbons (Fsp3) is 0. The molecule has 2 aromatic rings. The molecule has 0 radical (unpaired) electrons. The Morgan fingerprint density at radius 1 is 1.05 bits per heavy atom. The largest absolute Gasteiger partial charge is 0.504 e. The van der Waals surface area contributed by atoms with E-state index in [-0.39, 0.29) is 16.4 Å². The minimum Gasteiger partial charge on any atom is -0.504 e. The van der Waals surface area contributed by atoms with E-state index in [0.717, 1.165) is 0 Å². The van der Waals surface area contributed by atoms with Crippen LogP contribution in [0.2, 0.25) is 5.02 Å². The second-order valence-electron chi connectivity index (χ2n) is 4.05. The average Bonchev–Trinajstić information content (AvgIpc) is 2.43. The molecule has 0 heterocycles. The minimum atomic E-state index is -3.78. The van der Waals surface area contributed by atoms with Crippen LogP contribution < -0.4 is 4.83 Å². The van der Waals surface area contributed by atoms with Gasteiger partial charge in [-0.2, -0.15) is 13.5 Å². The van der Waals surface area contributed by atoms with E-state index in [1.54, 1.807) is 0 Å². The molecule has 0 aliphatic heterocycles. The van der Waals surface area contributed by atoms with Crippen LogP contribution in [0.25, 0.3) is 0 Å². The highest BCUT2D eigenvalue weighted by Gasteiger charge is 2.11. The fourth-order valence-corrected chi connectivity index (χ4v) is 2.37. The van der Waals surface area contributed by atoms with Crippen molar-refractivity contribution >= 4 is 27.8 Å². The summed E-state index contributed by atoms with van der Waals surface area (Å²) < 4.78 is 23.8. The zero-order chi connectivity index (χ0) is 15.5.